The molecule has 0 unspecified atom stereocenters. The molecule has 2 heterocycles. The van der Waals surface area contributed by atoms with Gasteiger partial charge in [0.2, 0.25) is 0 Å². The summed E-state index contributed by atoms with van der Waals surface area (Å²) in [7, 11) is 0. The minimum absolute atomic E-state index is 0.578. The number of aromatic nitrogens is 2. The number of rotatable bonds is 1. The maximum Gasteiger partial charge on any atom is 0.255 e. The van der Waals surface area contributed by atoms with Crippen molar-refractivity contribution in [2.24, 2.45) is 0 Å². The highest BCUT2D eigenvalue weighted by Crippen LogP contribution is 2.28. The van der Waals surface area contributed by atoms with Crippen molar-refractivity contribution in [2.75, 3.05) is 0 Å². The number of nitrogens with zero attached hydrogens (tertiary/aromatic N) is 2. The molecule has 0 bridgehead atoms. The van der Waals surface area contributed by atoms with Crippen LogP contribution < -0.4 is 0 Å². The van der Waals surface area contributed by atoms with Crippen molar-refractivity contribution in [1.82, 2.24) is 9.97 Å². The summed E-state index contributed by atoms with van der Waals surface area (Å²) in [6, 6.07) is 0. The van der Waals surface area contributed by atoms with Crippen molar-refractivity contribution in [3.8, 4) is 10.9 Å². The molecule has 0 amide bonds. The van der Waals surface area contributed by atoms with Gasteiger partial charge in [-0.25, -0.2) is 9.97 Å². The molecular formula is C7H5BrN2OS. The lowest BCUT2D eigenvalue weighted by Crippen LogP contribution is -1.72. The number of oxazole rings is 1. The largest absolute Gasteiger partial charge is 0.443 e. The molecule has 0 N–H and O–H groups in total. The Morgan fingerprint density at radius 3 is 2.92 bits per heavy atom. The Kier molecular flexibility index (Phi) is 1.98. The molecule has 0 fully saturated rings. The van der Waals surface area contributed by atoms with Gasteiger partial charge in [-0.05, 0) is 22.9 Å². The summed E-state index contributed by atoms with van der Waals surface area (Å²) in [5, 5.41) is 0.810. The highest BCUT2D eigenvalue weighted by Gasteiger charge is 2.09. The van der Waals surface area contributed by atoms with E-state index >= 15 is 0 Å². The number of hydrogen-bond acceptors (Lipinski definition) is 4. The molecule has 0 aliphatic carbocycles. The van der Waals surface area contributed by atoms with Crippen molar-refractivity contribution >= 4 is 27.3 Å². The number of hydrogen-bond donors (Lipinski definition) is 0. The zero-order chi connectivity index (χ0) is 8.55. The summed E-state index contributed by atoms with van der Waals surface area (Å²) in [6.07, 6.45) is 3.15. The van der Waals surface area contributed by atoms with E-state index < -0.39 is 0 Å². The van der Waals surface area contributed by atoms with Crippen molar-refractivity contribution in [3.63, 3.8) is 0 Å². The average molecular weight is 245 g/mol. The summed E-state index contributed by atoms with van der Waals surface area (Å²) in [4.78, 5) is 9.36. The molecule has 0 saturated carbocycles. The van der Waals surface area contributed by atoms with Gasteiger partial charge in [-0.2, -0.15) is 0 Å². The number of halogens is 1. The van der Waals surface area contributed by atoms with Crippen LogP contribution in [0.15, 0.2) is 21.5 Å². The minimum Gasteiger partial charge on any atom is -0.443 e. The molecule has 0 spiro atoms. The van der Waals surface area contributed by atoms with Crippen LogP contribution in [0.2, 0.25) is 0 Å². The van der Waals surface area contributed by atoms with Gasteiger partial charge in [-0.1, -0.05) is 0 Å². The lowest BCUT2D eigenvalue weighted by atomic mass is 10.6. The predicted octanol–water partition coefficient (Wildman–Crippen LogP) is 2.87. The fourth-order valence-electron chi connectivity index (χ4n) is 0.798. The molecule has 0 aromatic carbocycles. The van der Waals surface area contributed by atoms with E-state index in [1.54, 1.807) is 23.8 Å². The SMILES string of the molecule is Cc1sc(-c2ncco2)nc1Br. The Balaban J connectivity index is 2.48. The normalized spacial score (nSPS) is 10.5. The van der Waals surface area contributed by atoms with Crippen LogP contribution in [-0.2, 0) is 0 Å². The van der Waals surface area contributed by atoms with Gasteiger partial charge in [0, 0.05) is 4.88 Å². The van der Waals surface area contributed by atoms with Crippen LogP contribution in [0.25, 0.3) is 10.9 Å². The van der Waals surface area contributed by atoms with Gasteiger partial charge in [0.05, 0.1) is 6.20 Å². The molecule has 2 rings (SSSR count). The molecular weight excluding hydrogens is 240 g/mol. The summed E-state index contributed by atoms with van der Waals surface area (Å²) < 4.78 is 5.97. The second-order valence-electron chi connectivity index (χ2n) is 2.20. The molecule has 5 heteroatoms. The third kappa shape index (κ3) is 1.30. The first-order chi connectivity index (χ1) is 5.77. The summed E-state index contributed by atoms with van der Waals surface area (Å²) >= 11 is 4.89. The van der Waals surface area contributed by atoms with E-state index in [0.717, 1.165) is 14.5 Å². The van der Waals surface area contributed by atoms with E-state index in [4.69, 9.17) is 4.42 Å². The second-order valence-corrected chi connectivity index (χ2v) is 4.16. The Morgan fingerprint density at radius 2 is 2.42 bits per heavy atom. The van der Waals surface area contributed by atoms with Crippen LogP contribution in [-0.4, -0.2) is 9.97 Å². The van der Waals surface area contributed by atoms with Crippen molar-refractivity contribution in [2.45, 2.75) is 6.92 Å². The van der Waals surface area contributed by atoms with Gasteiger partial charge in [-0.15, -0.1) is 11.3 Å². The van der Waals surface area contributed by atoms with Crippen LogP contribution in [0.3, 0.4) is 0 Å². The van der Waals surface area contributed by atoms with Crippen molar-refractivity contribution in [1.29, 1.82) is 0 Å². The summed E-state index contributed by atoms with van der Waals surface area (Å²) in [5.74, 6) is 0.578. The lowest BCUT2D eigenvalue weighted by molar-refractivity contribution is 0.574. The molecule has 2 aromatic heterocycles. The Morgan fingerprint density at radius 1 is 1.58 bits per heavy atom. The fourth-order valence-corrected chi connectivity index (χ4v) is 2.08. The van der Waals surface area contributed by atoms with Crippen molar-refractivity contribution in [3.05, 3.63) is 21.9 Å². The van der Waals surface area contributed by atoms with E-state index in [1.165, 1.54) is 0 Å². The standard InChI is InChI=1S/C7H5BrN2OS/c1-4-5(8)10-7(12-4)6-9-2-3-11-6/h2-3H,1H3. The van der Waals surface area contributed by atoms with E-state index in [9.17, 15) is 0 Å². The Bertz CT molecular complexity index is 363. The smallest absolute Gasteiger partial charge is 0.255 e. The zero-order valence-electron chi connectivity index (χ0n) is 6.24. The third-order valence-corrected chi connectivity index (χ3v) is 3.35. The van der Waals surface area contributed by atoms with Gasteiger partial charge < -0.3 is 4.42 Å². The van der Waals surface area contributed by atoms with Gasteiger partial charge in [-0.3, -0.25) is 0 Å². The second kappa shape index (κ2) is 2.99. The summed E-state index contributed by atoms with van der Waals surface area (Å²) in [5.41, 5.74) is 0. The van der Waals surface area contributed by atoms with E-state index in [1.807, 2.05) is 6.92 Å². The molecule has 0 atom stereocenters. The van der Waals surface area contributed by atoms with Gasteiger partial charge in [0.25, 0.3) is 5.89 Å². The molecule has 2 aromatic rings. The molecule has 0 saturated heterocycles. The van der Waals surface area contributed by atoms with Crippen LogP contribution in [0.4, 0.5) is 0 Å². The maximum atomic E-state index is 5.10. The topological polar surface area (TPSA) is 38.9 Å². The average Bonchev–Trinajstić information content (AvgIpc) is 2.61. The van der Waals surface area contributed by atoms with Crippen LogP contribution in [0.1, 0.15) is 4.88 Å². The Labute approximate surface area is 81.6 Å². The number of thiazole rings is 1. The molecule has 0 aliphatic rings. The molecule has 3 nitrogen and oxygen atoms in total. The Hall–Kier alpha value is -0.680. The quantitative estimate of drug-likeness (QED) is 0.775. The first kappa shape index (κ1) is 7.94. The lowest BCUT2D eigenvalue weighted by Gasteiger charge is -1.82. The molecule has 0 radical (unpaired) electrons. The number of aryl methyl sites for hydroxylation is 1. The summed E-state index contributed by atoms with van der Waals surface area (Å²) in [6.45, 7) is 1.99. The monoisotopic (exact) mass is 244 g/mol. The molecule has 12 heavy (non-hydrogen) atoms. The van der Waals surface area contributed by atoms with Crippen LogP contribution in [0, 0.1) is 6.92 Å². The first-order valence-electron chi connectivity index (χ1n) is 3.30. The van der Waals surface area contributed by atoms with E-state index in [2.05, 4.69) is 25.9 Å². The third-order valence-electron chi connectivity index (χ3n) is 1.36. The zero-order valence-corrected chi connectivity index (χ0v) is 8.65. The van der Waals surface area contributed by atoms with Gasteiger partial charge >= 0.3 is 0 Å². The van der Waals surface area contributed by atoms with E-state index in [0.29, 0.717) is 5.89 Å². The molecule has 62 valence electrons. The first-order valence-corrected chi connectivity index (χ1v) is 4.91. The van der Waals surface area contributed by atoms with Crippen molar-refractivity contribution < 1.29 is 4.42 Å². The minimum atomic E-state index is 0.578. The maximum absolute atomic E-state index is 5.10. The van der Waals surface area contributed by atoms with Crippen LogP contribution in [0.5, 0.6) is 0 Å². The van der Waals surface area contributed by atoms with Crippen LogP contribution >= 0.6 is 27.3 Å². The predicted molar refractivity (Wildman–Crippen MR) is 50.0 cm³/mol. The molecule has 0 aliphatic heterocycles. The van der Waals surface area contributed by atoms with Gasteiger partial charge in [0.1, 0.15) is 10.9 Å². The highest BCUT2D eigenvalue weighted by atomic mass is 79.9. The van der Waals surface area contributed by atoms with Gasteiger partial charge in [0.15, 0.2) is 5.01 Å². The highest BCUT2D eigenvalue weighted by molar-refractivity contribution is 9.10. The fraction of sp³-hybridized carbons (Fsp3) is 0.143. The van der Waals surface area contributed by atoms with E-state index in [-0.39, 0.29) is 0 Å².